The third-order valence-corrected chi connectivity index (χ3v) is 5.78. The second-order valence-corrected chi connectivity index (χ2v) is 7.91. The second kappa shape index (κ2) is 8.77. The molecule has 2 aromatic rings. The number of amides is 1. The average Bonchev–Trinajstić information content (AvgIpc) is 3.09. The predicted molar refractivity (Wildman–Crippen MR) is 112 cm³/mol. The molecule has 0 spiro atoms. The number of carboxylic acid groups (broad SMARTS) is 1. The van der Waals surface area contributed by atoms with Gasteiger partial charge in [0, 0.05) is 38.8 Å². The van der Waals surface area contributed by atoms with Crippen molar-refractivity contribution in [2.75, 3.05) is 25.0 Å². The monoisotopic (exact) mass is 412 g/mol. The molecule has 1 aromatic heterocycles. The first-order chi connectivity index (χ1) is 14.5. The molecule has 2 N–H and O–H groups in total. The summed E-state index contributed by atoms with van der Waals surface area (Å²) in [5, 5.41) is 12.5. The van der Waals surface area contributed by atoms with Crippen LogP contribution in [-0.2, 0) is 35.5 Å². The Bertz CT molecular complexity index is 916. The smallest absolute Gasteiger partial charge is 0.304 e. The molecule has 30 heavy (non-hydrogen) atoms. The van der Waals surface area contributed by atoms with Crippen molar-refractivity contribution >= 4 is 17.8 Å². The molecule has 0 radical (unpaired) electrons. The largest absolute Gasteiger partial charge is 0.493 e. The van der Waals surface area contributed by atoms with Gasteiger partial charge in [-0.15, -0.1) is 0 Å². The van der Waals surface area contributed by atoms with Crippen molar-refractivity contribution in [3.63, 3.8) is 0 Å². The maximum atomic E-state index is 12.7. The SMILES string of the molecule is CCN1Cc2cc(OCCc3cn4c(n3)NCCC4)ccc2C[C@@H](CC(=O)O)C1=O. The first-order valence-corrected chi connectivity index (χ1v) is 10.6. The topological polar surface area (TPSA) is 96.7 Å². The van der Waals surface area contributed by atoms with Crippen LogP contribution in [-0.4, -0.2) is 51.1 Å². The zero-order chi connectivity index (χ0) is 21.1. The summed E-state index contributed by atoms with van der Waals surface area (Å²) in [7, 11) is 0. The van der Waals surface area contributed by atoms with Gasteiger partial charge in [-0.1, -0.05) is 6.07 Å². The van der Waals surface area contributed by atoms with Gasteiger partial charge in [-0.2, -0.15) is 0 Å². The van der Waals surface area contributed by atoms with Crippen molar-refractivity contribution in [2.45, 2.75) is 45.7 Å². The van der Waals surface area contributed by atoms with Gasteiger partial charge in [0.25, 0.3) is 0 Å². The Hall–Kier alpha value is -3.03. The highest BCUT2D eigenvalue weighted by molar-refractivity contribution is 5.84. The fraction of sp³-hybridized carbons (Fsp3) is 0.500. The molecule has 2 aliphatic rings. The zero-order valence-electron chi connectivity index (χ0n) is 17.3. The minimum atomic E-state index is -0.941. The molecule has 160 valence electrons. The molecule has 0 bridgehead atoms. The first-order valence-electron chi connectivity index (χ1n) is 10.6. The summed E-state index contributed by atoms with van der Waals surface area (Å²) in [6, 6.07) is 5.85. The molecule has 4 rings (SSSR count). The fourth-order valence-corrected chi connectivity index (χ4v) is 4.20. The van der Waals surface area contributed by atoms with Crippen LogP contribution in [0.4, 0.5) is 5.95 Å². The normalized spacial score (nSPS) is 18.2. The van der Waals surface area contributed by atoms with Gasteiger partial charge in [-0.05, 0) is 43.0 Å². The lowest BCUT2D eigenvalue weighted by molar-refractivity contribution is -0.144. The summed E-state index contributed by atoms with van der Waals surface area (Å²) < 4.78 is 8.11. The Labute approximate surface area is 175 Å². The molecule has 0 aliphatic carbocycles. The van der Waals surface area contributed by atoms with E-state index in [0.29, 0.717) is 26.1 Å². The lowest BCUT2D eigenvalue weighted by Crippen LogP contribution is -2.35. The summed E-state index contributed by atoms with van der Waals surface area (Å²) in [5.74, 6) is 0.147. The number of aliphatic carboxylic acids is 1. The highest BCUT2D eigenvalue weighted by atomic mass is 16.5. The van der Waals surface area contributed by atoms with Crippen molar-refractivity contribution in [3.8, 4) is 5.75 Å². The number of hydrogen-bond acceptors (Lipinski definition) is 5. The minimum absolute atomic E-state index is 0.0871. The van der Waals surface area contributed by atoms with E-state index in [-0.39, 0.29) is 12.3 Å². The predicted octanol–water partition coefficient (Wildman–Crippen LogP) is 2.32. The Kier molecular flexibility index (Phi) is 5.92. The molecule has 0 unspecified atom stereocenters. The summed E-state index contributed by atoms with van der Waals surface area (Å²) in [4.78, 5) is 30.2. The van der Waals surface area contributed by atoms with Gasteiger partial charge in [0.2, 0.25) is 11.9 Å². The molecule has 3 heterocycles. The summed E-state index contributed by atoms with van der Waals surface area (Å²) in [5.41, 5.74) is 3.05. The van der Waals surface area contributed by atoms with Gasteiger partial charge >= 0.3 is 5.97 Å². The molecule has 1 aromatic carbocycles. The van der Waals surface area contributed by atoms with Crippen molar-refractivity contribution in [2.24, 2.45) is 5.92 Å². The number of nitrogens with zero attached hydrogens (tertiary/aromatic N) is 3. The number of imidazole rings is 1. The summed E-state index contributed by atoms with van der Waals surface area (Å²) in [6.07, 6.45) is 4.22. The third-order valence-electron chi connectivity index (χ3n) is 5.78. The molecular formula is C22H28N4O4. The van der Waals surface area contributed by atoms with Crippen LogP contribution in [0.1, 0.15) is 36.6 Å². The quantitative estimate of drug-likeness (QED) is 0.725. The fourth-order valence-electron chi connectivity index (χ4n) is 4.20. The molecule has 2 aliphatic heterocycles. The summed E-state index contributed by atoms with van der Waals surface area (Å²) >= 11 is 0. The van der Waals surface area contributed by atoms with Crippen LogP contribution in [0.15, 0.2) is 24.4 Å². The van der Waals surface area contributed by atoms with Gasteiger partial charge in [0.1, 0.15) is 5.75 Å². The maximum Gasteiger partial charge on any atom is 0.304 e. The van der Waals surface area contributed by atoms with Crippen molar-refractivity contribution in [1.82, 2.24) is 14.5 Å². The second-order valence-electron chi connectivity index (χ2n) is 7.91. The van der Waals surface area contributed by atoms with Crippen LogP contribution in [0.5, 0.6) is 5.75 Å². The molecule has 0 fully saturated rings. The number of carbonyl (C=O) groups is 2. The lowest BCUT2D eigenvalue weighted by Gasteiger charge is -2.22. The molecule has 1 amide bonds. The van der Waals surface area contributed by atoms with Crippen LogP contribution in [0.2, 0.25) is 0 Å². The highest BCUT2D eigenvalue weighted by Gasteiger charge is 2.30. The van der Waals surface area contributed by atoms with Crippen LogP contribution >= 0.6 is 0 Å². The number of hydrogen-bond donors (Lipinski definition) is 2. The standard InChI is InChI=1S/C22H28N4O4/c1-2-25-13-17-11-19(5-4-15(17)10-16(21(25)29)12-20(27)28)30-9-6-18-14-26-8-3-7-23-22(26)24-18/h4-5,11,14,16H,2-3,6-10,12-13H2,1H3,(H,23,24)(H,27,28)/t16-/m0/s1. The number of carboxylic acids is 1. The Morgan fingerprint density at radius 2 is 2.23 bits per heavy atom. The van der Waals surface area contributed by atoms with E-state index in [2.05, 4.69) is 21.1 Å². The van der Waals surface area contributed by atoms with E-state index >= 15 is 0 Å². The van der Waals surface area contributed by atoms with Gasteiger partial charge in [0.15, 0.2) is 0 Å². The van der Waals surface area contributed by atoms with Crippen LogP contribution < -0.4 is 10.1 Å². The van der Waals surface area contributed by atoms with Gasteiger partial charge in [0.05, 0.1) is 24.6 Å². The molecule has 0 saturated heterocycles. The number of aryl methyl sites for hydroxylation is 1. The van der Waals surface area contributed by atoms with E-state index in [9.17, 15) is 9.59 Å². The maximum absolute atomic E-state index is 12.7. The Morgan fingerprint density at radius 3 is 3.00 bits per heavy atom. The minimum Gasteiger partial charge on any atom is -0.493 e. The van der Waals surface area contributed by atoms with Gasteiger partial charge in [-0.3, -0.25) is 9.59 Å². The van der Waals surface area contributed by atoms with E-state index in [1.165, 1.54) is 0 Å². The van der Waals surface area contributed by atoms with E-state index < -0.39 is 11.9 Å². The Morgan fingerprint density at radius 1 is 1.37 bits per heavy atom. The molecule has 8 nitrogen and oxygen atoms in total. The van der Waals surface area contributed by atoms with E-state index in [0.717, 1.165) is 54.4 Å². The molecular weight excluding hydrogens is 384 g/mol. The number of rotatable bonds is 7. The zero-order valence-corrected chi connectivity index (χ0v) is 17.3. The van der Waals surface area contributed by atoms with Crippen LogP contribution in [0, 0.1) is 5.92 Å². The van der Waals surface area contributed by atoms with Crippen molar-refractivity contribution < 1.29 is 19.4 Å². The van der Waals surface area contributed by atoms with Crippen molar-refractivity contribution in [1.29, 1.82) is 0 Å². The van der Waals surface area contributed by atoms with Gasteiger partial charge in [-0.25, -0.2) is 4.98 Å². The number of aromatic nitrogens is 2. The van der Waals surface area contributed by atoms with E-state index in [1.807, 2.05) is 25.1 Å². The number of ether oxygens (including phenoxy) is 1. The summed E-state index contributed by atoms with van der Waals surface area (Å²) in [6.45, 7) is 5.44. The average molecular weight is 412 g/mol. The van der Waals surface area contributed by atoms with E-state index in [4.69, 9.17) is 9.84 Å². The van der Waals surface area contributed by atoms with Crippen LogP contribution in [0.3, 0.4) is 0 Å². The molecule has 0 saturated carbocycles. The third kappa shape index (κ3) is 4.42. The number of carbonyl (C=O) groups excluding carboxylic acids is 1. The van der Waals surface area contributed by atoms with Gasteiger partial charge < -0.3 is 24.6 Å². The highest BCUT2D eigenvalue weighted by Crippen LogP contribution is 2.28. The number of benzene rings is 1. The Balaban J connectivity index is 1.42. The number of nitrogens with one attached hydrogen (secondary N) is 1. The molecule has 8 heteroatoms. The lowest BCUT2D eigenvalue weighted by atomic mass is 9.94. The number of fused-ring (bicyclic) bond motifs is 2. The molecule has 1 atom stereocenters. The van der Waals surface area contributed by atoms with E-state index in [1.54, 1.807) is 4.90 Å². The van der Waals surface area contributed by atoms with Crippen LogP contribution in [0.25, 0.3) is 0 Å². The first kappa shape index (κ1) is 20.3. The number of anilines is 1. The van der Waals surface area contributed by atoms with Crippen molar-refractivity contribution in [3.05, 3.63) is 41.2 Å².